The number of nitrogens with zero attached hydrogens (tertiary/aromatic N) is 1. The zero-order valence-electron chi connectivity index (χ0n) is 10.3. The minimum Gasteiger partial charge on any atom is -0.493 e. The Balaban J connectivity index is 2.81. The number of hydrogen-bond donors (Lipinski definition) is 1. The Morgan fingerprint density at radius 3 is 2.94 bits per heavy atom. The van der Waals surface area contributed by atoms with Crippen LogP contribution in [0.1, 0.15) is 12.5 Å². The number of hydrazone groups is 1. The fourth-order valence-corrected chi connectivity index (χ4v) is 1.20. The molecule has 0 fully saturated rings. The van der Waals surface area contributed by atoms with Crippen LogP contribution in [0, 0.1) is 12.3 Å². The van der Waals surface area contributed by atoms with Gasteiger partial charge in [0.15, 0.2) is 11.5 Å². The summed E-state index contributed by atoms with van der Waals surface area (Å²) in [5.41, 5.74) is 3.08. The maximum Gasteiger partial charge on any atom is 0.236 e. The highest BCUT2D eigenvalue weighted by Gasteiger charge is 2.04. The van der Waals surface area contributed by atoms with Gasteiger partial charge in [0.2, 0.25) is 5.91 Å². The highest BCUT2D eigenvalue weighted by Crippen LogP contribution is 2.27. The van der Waals surface area contributed by atoms with Gasteiger partial charge in [-0.1, -0.05) is 5.92 Å². The van der Waals surface area contributed by atoms with Gasteiger partial charge in [0, 0.05) is 6.92 Å². The van der Waals surface area contributed by atoms with Gasteiger partial charge >= 0.3 is 0 Å². The monoisotopic (exact) mass is 246 g/mol. The second kappa shape index (κ2) is 6.97. The van der Waals surface area contributed by atoms with E-state index >= 15 is 0 Å². The number of nitrogens with one attached hydrogen (secondary N) is 1. The van der Waals surface area contributed by atoms with Gasteiger partial charge in [-0.2, -0.15) is 5.10 Å². The van der Waals surface area contributed by atoms with Crippen molar-refractivity contribution in [2.24, 2.45) is 5.10 Å². The van der Waals surface area contributed by atoms with Crippen LogP contribution in [-0.2, 0) is 4.79 Å². The Morgan fingerprint density at radius 1 is 1.56 bits per heavy atom. The predicted molar refractivity (Wildman–Crippen MR) is 68.7 cm³/mol. The normalized spacial score (nSPS) is 9.83. The molecule has 5 heteroatoms. The summed E-state index contributed by atoms with van der Waals surface area (Å²) in [4.78, 5) is 10.6. The van der Waals surface area contributed by atoms with Gasteiger partial charge in [0.1, 0.15) is 6.61 Å². The van der Waals surface area contributed by atoms with Crippen LogP contribution in [0.2, 0.25) is 0 Å². The van der Waals surface area contributed by atoms with Crippen LogP contribution in [0.15, 0.2) is 23.3 Å². The second-order valence-electron chi connectivity index (χ2n) is 3.33. The molecular formula is C13H14N2O3. The van der Waals surface area contributed by atoms with Gasteiger partial charge in [0.05, 0.1) is 13.3 Å². The molecule has 0 atom stereocenters. The van der Waals surface area contributed by atoms with Crippen molar-refractivity contribution < 1.29 is 14.3 Å². The number of amides is 1. The van der Waals surface area contributed by atoms with E-state index in [0.29, 0.717) is 11.5 Å². The Hall–Kier alpha value is -2.48. The van der Waals surface area contributed by atoms with Gasteiger partial charge in [-0.3, -0.25) is 4.79 Å². The minimum absolute atomic E-state index is 0.176. The van der Waals surface area contributed by atoms with E-state index in [9.17, 15) is 4.79 Å². The number of hydrogen-bond acceptors (Lipinski definition) is 4. The Morgan fingerprint density at radius 2 is 2.33 bits per heavy atom. The van der Waals surface area contributed by atoms with Crippen molar-refractivity contribution in [2.75, 3.05) is 13.7 Å². The lowest BCUT2D eigenvalue weighted by atomic mass is 10.2. The first-order valence-corrected chi connectivity index (χ1v) is 5.21. The topological polar surface area (TPSA) is 59.9 Å². The first-order chi connectivity index (χ1) is 8.67. The van der Waals surface area contributed by atoms with Gasteiger partial charge in [-0.05, 0) is 23.8 Å². The molecule has 1 N–H and O–H groups in total. The van der Waals surface area contributed by atoms with Crippen LogP contribution in [0.3, 0.4) is 0 Å². The molecule has 1 rings (SSSR count). The molecular weight excluding hydrogens is 232 g/mol. The molecule has 0 unspecified atom stereocenters. The van der Waals surface area contributed by atoms with E-state index in [-0.39, 0.29) is 12.5 Å². The van der Waals surface area contributed by atoms with Gasteiger partial charge in [-0.15, -0.1) is 6.42 Å². The fraction of sp³-hybridized carbons (Fsp3) is 0.231. The lowest BCUT2D eigenvalue weighted by Gasteiger charge is -2.08. The smallest absolute Gasteiger partial charge is 0.236 e. The summed E-state index contributed by atoms with van der Waals surface area (Å²) in [5.74, 6) is 3.26. The molecule has 18 heavy (non-hydrogen) atoms. The van der Waals surface area contributed by atoms with Crippen molar-refractivity contribution in [3.8, 4) is 23.8 Å². The van der Waals surface area contributed by atoms with E-state index in [1.165, 1.54) is 20.2 Å². The molecule has 94 valence electrons. The van der Waals surface area contributed by atoms with Crippen molar-refractivity contribution in [1.82, 2.24) is 5.43 Å². The van der Waals surface area contributed by atoms with Crippen molar-refractivity contribution >= 4 is 12.1 Å². The molecule has 5 nitrogen and oxygen atoms in total. The number of terminal acetylenes is 1. The molecule has 1 aromatic carbocycles. The number of carbonyl (C=O) groups is 1. The zero-order chi connectivity index (χ0) is 13.4. The van der Waals surface area contributed by atoms with E-state index in [0.717, 1.165) is 5.56 Å². The highest BCUT2D eigenvalue weighted by molar-refractivity contribution is 5.82. The fourth-order valence-electron chi connectivity index (χ4n) is 1.20. The van der Waals surface area contributed by atoms with Crippen LogP contribution in [0.4, 0.5) is 0 Å². The zero-order valence-corrected chi connectivity index (χ0v) is 10.3. The predicted octanol–water partition coefficient (Wildman–Crippen LogP) is 1.18. The molecule has 0 bridgehead atoms. The lowest BCUT2D eigenvalue weighted by Crippen LogP contribution is -2.12. The third-order valence-electron chi connectivity index (χ3n) is 1.93. The molecule has 1 aromatic rings. The second-order valence-corrected chi connectivity index (χ2v) is 3.33. The number of rotatable bonds is 5. The molecule has 0 spiro atoms. The first-order valence-electron chi connectivity index (χ1n) is 5.21. The highest BCUT2D eigenvalue weighted by atomic mass is 16.5. The number of methoxy groups -OCH3 is 1. The summed E-state index contributed by atoms with van der Waals surface area (Å²) in [7, 11) is 1.53. The average Bonchev–Trinajstić information content (AvgIpc) is 2.36. The molecule has 0 saturated heterocycles. The molecule has 0 aliphatic carbocycles. The molecule has 0 heterocycles. The lowest BCUT2D eigenvalue weighted by molar-refractivity contribution is -0.118. The third-order valence-corrected chi connectivity index (χ3v) is 1.93. The first kappa shape index (κ1) is 13.6. The standard InChI is InChI=1S/C13H14N2O3/c1-4-7-18-12-6-5-11(8-13(12)17-3)9-14-15-10(2)16/h1,5-6,8-9H,7H2,2-3H3,(H,15,16)/b14-9-. The van der Waals surface area contributed by atoms with Crippen LogP contribution < -0.4 is 14.9 Å². The van der Waals surface area contributed by atoms with Crippen molar-refractivity contribution in [2.45, 2.75) is 6.92 Å². The van der Waals surface area contributed by atoms with Crippen molar-refractivity contribution in [3.63, 3.8) is 0 Å². The Kier molecular flexibility index (Phi) is 5.26. The summed E-state index contributed by atoms with van der Waals surface area (Å²) in [6, 6.07) is 5.24. The van der Waals surface area contributed by atoms with Crippen LogP contribution >= 0.6 is 0 Å². The summed E-state index contributed by atoms with van der Waals surface area (Å²) in [5, 5.41) is 3.76. The van der Waals surface area contributed by atoms with Gasteiger partial charge in [-0.25, -0.2) is 5.43 Å². The van der Waals surface area contributed by atoms with E-state index in [1.54, 1.807) is 18.2 Å². The SMILES string of the molecule is C#CCOc1ccc(/C=N\NC(C)=O)cc1OC. The maximum absolute atomic E-state index is 10.6. The summed E-state index contributed by atoms with van der Waals surface area (Å²) in [6.07, 6.45) is 6.62. The van der Waals surface area contributed by atoms with E-state index in [2.05, 4.69) is 16.4 Å². The van der Waals surface area contributed by atoms with E-state index in [1.807, 2.05) is 0 Å². The summed E-state index contributed by atoms with van der Waals surface area (Å²) >= 11 is 0. The van der Waals surface area contributed by atoms with Crippen molar-refractivity contribution in [1.29, 1.82) is 0 Å². The Labute approximate surface area is 106 Å². The number of ether oxygens (including phenoxy) is 2. The van der Waals surface area contributed by atoms with Crippen LogP contribution in [-0.4, -0.2) is 25.8 Å². The molecule has 0 aromatic heterocycles. The molecule has 0 radical (unpaired) electrons. The molecule has 0 saturated carbocycles. The molecule has 0 aliphatic rings. The van der Waals surface area contributed by atoms with E-state index in [4.69, 9.17) is 15.9 Å². The van der Waals surface area contributed by atoms with Gasteiger partial charge < -0.3 is 9.47 Å². The molecule has 0 aliphatic heterocycles. The van der Waals surface area contributed by atoms with E-state index < -0.39 is 0 Å². The Bertz CT molecular complexity index is 489. The van der Waals surface area contributed by atoms with Crippen LogP contribution in [0.25, 0.3) is 0 Å². The summed E-state index contributed by atoms with van der Waals surface area (Å²) < 4.78 is 10.5. The number of benzene rings is 1. The minimum atomic E-state index is -0.229. The quantitative estimate of drug-likeness (QED) is 0.482. The summed E-state index contributed by atoms with van der Waals surface area (Å²) in [6.45, 7) is 1.56. The largest absolute Gasteiger partial charge is 0.493 e. The third kappa shape index (κ3) is 4.18. The molecule has 1 amide bonds. The van der Waals surface area contributed by atoms with Crippen LogP contribution in [0.5, 0.6) is 11.5 Å². The van der Waals surface area contributed by atoms with Crippen molar-refractivity contribution in [3.05, 3.63) is 23.8 Å². The maximum atomic E-state index is 10.6. The number of carbonyl (C=O) groups excluding carboxylic acids is 1. The average molecular weight is 246 g/mol. The van der Waals surface area contributed by atoms with Gasteiger partial charge in [0.25, 0.3) is 0 Å².